The first-order valence-corrected chi connectivity index (χ1v) is 7.59. The van der Waals surface area contributed by atoms with Gasteiger partial charge < -0.3 is 5.32 Å². The van der Waals surface area contributed by atoms with E-state index in [4.69, 9.17) is 0 Å². The Bertz CT molecular complexity index is 573. The average Bonchev–Trinajstić information content (AvgIpc) is 2.33. The van der Waals surface area contributed by atoms with Gasteiger partial charge in [0, 0.05) is 16.2 Å². The van der Waals surface area contributed by atoms with Crippen LogP contribution in [-0.2, 0) is 0 Å². The third-order valence-electron chi connectivity index (χ3n) is 3.85. The van der Waals surface area contributed by atoms with Crippen molar-refractivity contribution in [1.29, 1.82) is 0 Å². The zero-order valence-electron chi connectivity index (χ0n) is 11.1. The van der Waals surface area contributed by atoms with Crippen LogP contribution in [-0.4, -0.2) is 6.04 Å². The summed E-state index contributed by atoms with van der Waals surface area (Å²) < 4.78 is 1.18. The fourth-order valence-corrected chi connectivity index (χ4v) is 3.16. The Kier molecular flexibility index (Phi) is 3.61. The molecule has 0 amide bonds. The molecule has 2 aromatic carbocycles. The van der Waals surface area contributed by atoms with Gasteiger partial charge >= 0.3 is 0 Å². The molecular weight excluding hydrogens is 298 g/mol. The molecule has 0 saturated heterocycles. The van der Waals surface area contributed by atoms with Gasteiger partial charge in [0.1, 0.15) is 0 Å². The molecule has 1 aliphatic rings. The van der Waals surface area contributed by atoms with Crippen molar-refractivity contribution < 1.29 is 0 Å². The van der Waals surface area contributed by atoms with Crippen LogP contribution in [0.5, 0.6) is 0 Å². The van der Waals surface area contributed by atoms with Gasteiger partial charge in [-0.3, -0.25) is 0 Å². The second-order valence-corrected chi connectivity index (χ2v) is 6.35. The standard InChI is InChI=1S/C17H18BrN/c1-12-4-2-7-16(8-12)19-17-10-14(11-17)13-5-3-6-15(18)9-13/h2-9,14,17,19H,10-11H2,1H3. The Labute approximate surface area is 123 Å². The van der Waals surface area contributed by atoms with Crippen molar-refractivity contribution in [3.05, 3.63) is 64.1 Å². The summed E-state index contributed by atoms with van der Waals surface area (Å²) in [5, 5.41) is 3.62. The lowest BCUT2D eigenvalue weighted by Gasteiger charge is -2.37. The molecule has 1 aliphatic carbocycles. The Hall–Kier alpha value is -1.28. The van der Waals surface area contributed by atoms with Crippen molar-refractivity contribution >= 4 is 21.6 Å². The van der Waals surface area contributed by atoms with Crippen LogP contribution in [0.25, 0.3) is 0 Å². The van der Waals surface area contributed by atoms with E-state index >= 15 is 0 Å². The summed E-state index contributed by atoms with van der Waals surface area (Å²) in [5.74, 6) is 0.708. The van der Waals surface area contributed by atoms with Crippen LogP contribution in [0.2, 0.25) is 0 Å². The number of benzene rings is 2. The summed E-state index contributed by atoms with van der Waals surface area (Å²) in [7, 11) is 0. The van der Waals surface area contributed by atoms with E-state index < -0.39 is 0 Å². The largest absolute Gasteiger partial charge is 0.382 e. The minimum absolute atomic E-state index is 0.616. The van der Waals surface area contributed by atoms with E-state index in [9.17, 15) is 0 Å². The maximum absolute atomic E-state index is 3.62. The molecule has 0 radical (unpaired) electrons. The van der Waals surface area contributed by atoms with Crippen LogP contribution in [0.15, 0.2) is 53.0 Å². The predicted octanol–water partition coefficient (Wildman–Crippen LogP) is 5.12. The van der Waals surface area contributed by atoms with E-state index in [1.807, 2.05) is 0 Å². The Morgan fingerprint density at radius 1 is 1.05 bits per heavy atom. The minimum Gasteiger partial charge on any atom is -0.382 e. The smallest absolute Gasteiger partial charge is 0.0344 e. The van der Waals surface area contributed by atoms with Gasteiger partial charge in [-0.25, -0.2) is 0 Å². The first kappa shape index (κ1) is 12.7. The second kappa shape index (κ2) is 5.38. The zero-order valence-corrected chi connectivity index (χ0v) is 12.7. The SMILES string of the molecule is Cc1cccc(NC2CC(c3cccc(Br)c3)C2)c1. The Balaban J connectivity index is 1.58. The Morgan fingerprint density at radius 2 is 1.84 bits per heavy atom. The number of hydrogen-bond donors (Lipinski definition) is 1. The molecule has 98 valence electrons. The lowest BCUT2D eigenvalue weighted by molar-refractivity contribution is 0.374. The van der Waals surface area contributed by atoms with Gasteiger partial charge in [0.05, 0.1) is 0 Å². The minimum atomic E-state index is 0.616. The van der Waals surface area contributed by atoms with Crippen LogP contribution in [0, 0.1) is 6.92 Å². The molecule has 1 nitrogen and oxygen atoms in total. The van der Waals surface area contributed by atoms with Crippen LogP contribution < -0.4 is 5.32 Å². The fraction of sp³-hybridized carbons (Fsp3) is 0.294. The molecule has 1 saturated carbocycles. The quantitative estimate of drug-likeness (QED) is 0.829. The van der Waals surface area contributed by atoms with Gasteiger partial charge in [-0.05, 0) is 61.1 Å². The average molecular weight is 316 g/mol. The highest BCUT2D eigenvalue weighted by molar-refractivity contribution is 9.10. The normalized spacial score (nSPS) is 21.8. The highest BCUT2D eigenvalue weighted by atomic mass is 79.9. The number of rotatable bonds is 3. The summed E-state index contributed by atoms with van der Waals surface area (Å²) >= 11 is 3.54. The van der Waals surface area contributed by atoms with Gasteiger partial charge in [-0.15, -0.1) is 0 Å². The lowest BCUT2D eigenvalue weighted by atomic mass is 9.76. The van der Waals surface area contributed by atoms with Crippen LogP contribution in [0.4, 0.5) is 5.69 Å². The molecule has 0 unspecified atom stereocenters. The summed E-state index contributed by atoms with van der Waals surface area (Å²) in [5.41, 5.74) is 4.02. The van der Waals surface area contributed by atoms with Crippen molar-refractivity contribution in [2.75, 3.05) is 5.32 Å². The number of hydrogen-bond acceptors (Lipinski definition) is 1. The summed E-state index contributed by atoms with van der Waals surface area (Å²) in [4.78, 5) is 0. The molecule has 0 spiro atoms. The van der Waals surface area contributed by atoms with Gasteiger partial charge in [0.15, 0.2) is 0 Å². The van der Waals surface area contributed by atoms with Gasteiger partial charge in [-0.2, -0.15) is 0 Å². The molecule has 0 aromatic heterocycles. The van der Waals surface area contributed by atoms with Crippen molar-refractivity contribution in [3.63, 3.8) is 0 Å². The first-order chi connectivity index (χ1) is 9.20. The molecular formula is C17H18BrN. The van der Waals surface area contributed by atoms with E-state index in [0.717, 1.165) is 0 Å². The van der Waals surface area contributed by atoms with Crippen molar-refractivity contribution in [1.82, 2.24) is 0 Å². The van der Waals surface area contributed by atoms with Gasteiger partial charge in [0.25, 0.3) is 0 Å². The second-order valence-electron chi connectivity index (χ2n) is 5.43. The highest BCUT2D eigenvalue weighted by Gasteiger charge is 2.30. The predicted molar refractivity (Wildman–Crippen MR) is 84.7 cm³/mol. The molecule has 2 heteroatoms. The number of aryl methyl sites for hydroxylation is 1. The molecule has 2 aromatic rings. The monoisotopic (exact) mass is 315 g/mol. The van der Waals surface area contributed by atoms with E-state index in [0.29, 0.717) is 12.0 Å². The number of anilines is 1. The molecule has 3 rings (SSSR count). The lowest BCUT2D eigenvalue weighted by Crippen LogP contribution is -2.33. The molecule has 1 fully saturated rings. The maximum atomic E-state index is 3.62. The van der Waals surface area contributed by atoms with Crippen molar-refractivity contribution in [2.24, 2.45) is 0 Å². The van der Waals surface area contributed by atoms with E-state index in [1.165, 1.54) is 34.1 Å². The van der Waals surface area contributed by atoms with Crippen LogP contribution in [0.3, 0.4) is 0 Å². The summed E-state index contributed by atoms with van der Waals surface area (Å²) in [6, 6.07) is 17.9. The van der Waals surface area contributed by atoms with E-state index in [-0.39, 0.29) is 0 Å². The number of halogens is 1. The molecule has 1 N–H and O–H groups in total. The third-order valence-corrected chi connectivity index (χ3v) is 4.34. The summed E-state index contributed by atoms with van der Waals surface area (Å²) in [6.45, 7) is 2.14. The molecule has 0 heterocycles. The maximum Gasteiger partial charge on any atom is 0.0344 e. The first-order valence-electron chi connectivity index (χ1n) is 6.79. The molecule has 19 heavy (non-hydrogen) atoms. The Morgan fingerprint density at radius 3 is 2.58 bits per heavy atom. The zero-order chi connectivity index (χ0) is 13.2. The fourth-order valence-electron chi connectivity index (χ4n) is 2.74. The van der Waals surface area contributed by atoms with Crippen LogP contribution >= 0.6 is 15.9 Å². The van der Waals surface area contributed by atoms with E-state index in [1.54, 1.807) is 0 Å². The molecule has 0 bridgehead atoms. The molecule has 0 aliphatic heterocycles. The van der Waals surface area contributed by atoms with Crippen molar-refractivity contribution in [3.8, 4) is 0 Å². The summed E-state index contributed by atoms with van der Waals surface area (Å²) in [6.07, 6.45) is 2.45. The van der Waals surface area contributed by atoms with Crippen LogP contribution in [0.1, 0.15) is 29.9 Å². The molecule has 0 atom stereocenters. The topological polar surface area (TPSA) is 12.0 Å². The van der Waals surface area contributed by atoms with Gasteiger partial charge in [-0.1, -0.05) is 40.2 Å². The third kappa shape index (κ3) is 3.01. The highest BCUT2D eigenvalue weighted by Crippen LogP contribution is 2.39. The van der Waals surface area contributed by atoms with Crippen molar-refractivity contribution in [2.45, 2.75) is 31.7 Å². The number of nitrogens with one attached hydrogen (secondary N) is 1. The van der Waals surface area contributed by atoms with Gasteiger partial charge in [0.2, 0.25) is 0 Å². The van der Waals surface area contributed by atoms with E-state index in [2.05, 4.69) is 76.7 Å².